The van der Waals surface area contributed by atoms with Gasteiger partial charge in [-0.3, -0.25) is 9.59 Å². The molecule has 31 heavy (non-hydrogen) atoms. The fraction of sp³-hybridized carbons (Fsp3) is 0.591. The Hall–Kier alpha value is -2.65. The number of benzene rings is 1. The molecule has 0 heterocycles. The van der Waals surface area contributed by atoms with Gasteiger partial charge in [-0.05, 0) is 31.4 Å². The Morgan fingerprint density at radius 1 is 1.03 bits per heavy atom. The molecule has 0 saturated carbocycles. The predicted molar refractivity (Wildman–Crippen MR) is 114 cm³/mol. The zero-order valence-corrected chi connectivity index (χ0v) is 18.7. The molecule has 1 amide bonds. The molecular weight excluding hydrogens is 404 g/mol. The smallest absolute Gasteiger partial charge is 0.306 e. The lowest BCUT2D eigenvalue weighted by Crippen LogP contribution is -2.42. The van der Waals surface area contributed by atoms with Gasteiger partial charge in [0.15, 0.2) is 0 Å². The third-order valence-electron chi connectivity index (χ3n) is 4.16. The van der Waals surface area contributed by atoms with E-state index in [-0.39, 0.29) is 30.1 Å². The van der Waals surface area contributed by atoms with Crippen LogP contribution in [0.2, 0.25) is 0 Å². The number of hydrogen-bond donors (Lipinski definition) is 4. The number of unbranched alkanes of at least 4 members (excludes halogenated alkanes) is 4. The number of aromatic hydroxyl groups is 1. The number of carboxylic acids is 2. The zero-order chi connectivity index (χ0) is 23.9. The van der Waals surface area contributed by atoms with E-state index >= 15 is 0 Å². The summed E-state index contributed by atoms with van der Waals surface area (Å²) in [6, 6.07) is 6.42. The van der Waals surface area contributed by atoms with Crippen LogP contribution >= 0.6 is 0 Å². The maximum atomic E-state index is 11.7. The van der Waals surface area contributed by atoms with Crippen molar-refractivity contribution < 1.29 is 39.3 Å². The second kappa shape index (κ2) is 15.2. The Labute approximate surface area is 183 Å². The van der Waals surface area contributed by atoms with Gasteiger partial charge in [0, 0.05) is 12.5 Å². The number of phenolic OH excluding ortho intramolecular Hbond substituents is 1. The van der Waals surface area contributed by atoms with E-state index in [0.29, 0.717) is 24.0 Å². The first-order valence-electron chi connectivity index (χ1n) is 10.4. The number of rotatable bonds is 13. The standard InChI is InChI=1S/C15H21NO4.C7H15NO3/c17-13-9-6-5-8-12(13)15(20)16-11-7-3-1-2-4-10-14(18)19;1-8(2,3)5-6(9)4-7(10)11/h5-6,8-9,17H,1-4,7,10-11H2,(H,16,20)(H,18,19);6,9H,4-5H2,1-3H3. The molecule has 1 aromatic rings. The molecule has 9 heteroatoms. The lowest BCUT2D eigenvalue weighted by atomic mass is 10.1. The summed E-state index contributed by atoms with van der Waals surface area (Å²) in [5.74, 6) is -2.25. The van der Waals surface area contributed by atoms with Crippen LogP contribution in [0.4, 0.5) is 0 Å². The van der Waals surface area contributed by atoms with Gasteiger partial charge in [0.25, 0.3) is 5.91 Å². The molecule has 1 unspecified atom stereocenters. The summed E-state index contributed by atoms with van der Waals surface area (Å²) in [4.78, 5) is 32.1. The van der Waals surface area contributed by atoms with E-state index in [1.165, 1.54) is 6.07 Å². The Bertz CT molecular complexity index is 687. The first-order chi connectivity index (χ1) is 14.4. The Morgan fingerprint density at radius 2 is 1.61 bits per heavy atom. The van der Waals surface area contributed by atoms with E-state index in [0.717, 1.165) is 25.7 Å². The average Bonchev–Trinajstić information content (AvgIpc) is 2.62. The largest absolute Gasteiger partial charge is 0.550 e. The van der Waals surface area contributed by atoms with Gasteiger partial charge in [-0.2, -0.15) is 0 Å². The molecule has 9 nitrogen and oxygen atoms in total. The third kappa shape index (κ3) is 16.8. The summed E-state index contributed by atoms with van der Waals surface area (Å²) in [6.45, 7) is 1.01. The van der Waals surface area contributed by atoms with Crippen molar-refractivity contribution in [3.8, 4) is 5.75 Å². The van der Waals surface area contributed by atoms with Gasteiger partial charge in [-0.15, -0.1) is 0 Å². The van der Waals surface area contributed by atoms with Crippen LogP contribution in [0.1, 0.15) is 55.3 Å². The fourth-order valence-electron chi connectivity index (χ4n) is 2.79. The molecule has 0 aliphatic carbocycles. The molecule has 0 aliphatic rings. The molecule has 0 radical (unpaired) electrons. The molecular formula is C22H36N2O7. The molecule has 0 saturated heterocycles. The quantitative estimate of drug-likeness (QED) is 0.261. The van der Waals surface area contributed by atoms with Crippen LogP contribution in [0.5, 0.6) is 5.75 Å². The summed E-state index contributed by atoms with van der Waals surface area (Å²) in [5, 5.41) is 39.9. The van der Waals surface area contributed by atoms with Crippen molar-refractivity contribution in [2.75, 3.05) is 34.2 Å². The highest BCUT2D eigenvalue weighted by Crippen LogP contribution is 2.15. The molecule has 176 valence electrons. The number of aliphatic hydroxyl groups excluding tert-OH is 1. The maximum Gasteiger partial charge on any atom is 0.306 e. The van der Waals surface area contributed by atoms with Crippen LogP contribution in [-0.2, 0) is 9.59 Å². The number of aliphatic carboxylic acids is 2. The van der Waals surface area contributed by atoms with E-state index in [1.54, 1.807) is 18.2 Å². The Kier molecular flexibility index (Phi) is 13.9. The number of aliphatic hydroxyl groups is 1. The van der Waals surface area contributed by atoms with E-state index in [1.807, 2.05) is 21.1 Å². The van der Waals surface area contributed by atoms with Crippen LogP contribution in [0.15, 0.2) is 24.3 Å². The van der Waals surface area contributed by atoms with Crippen molar-refractivity contribution in [1.82, 2.24) is 5.32 Å². The topological polar surface area (TPSA) is 147 Å². The van der Waals surface area contributed by atoms with Gasteiger partial charge in [-0.1, -0.05) is 31.4 Å². The zero-order valence-electron chi connectivity index (χ0n) is 18.7. The minimum Gasteiger partial charge on any atom is -0.550 e. The van der Waals surface area contributed by atoms with Crippen LogP contribution in [-0.4, -0.2) is 78.0 Å². The van der Waals surface area contributed by atoms with E-state index in [9.17, 15) is 24.6 Å². The Morgan fingerprint density at radius 3 is 2.16 bits per heavy atom. The van der Waals surface area contributed by atoms with Gasteiger partial charge >= 0.3 is 5.97 Å². The molecule has 0 aromatic heterocycles. The molecule has 1 atom stereocenters. The van der Waals surface area contributed by atoms with Crippen LogP contribution in [0, 0.1) is 0 Å². The number of phenols is 1. The SMILES string of the molecule is C[N+](C)(C)CC(O)CC(=O)O.O=C([O-])CCCCCCCNC(=O)c1ccccc1O. The summed E-state index contributed by atoms with van der Waals surface area (Å²) in [5.41, 5.74) is 0.279. The van der Waals surface area contributed by atoms with E-state index in [2.05, 4.69) is 5.32 Å². The third-order valence-corrected chi connectivity index (χ3v) is 4.16. The summed E-state index contributed by atoms with van der Waals surface area (Å²) in [6.07, 6.45) is 3.43. The number of carboxylic acid groups (broad SMARTS) is 2. The van der Waals surface area contributed by atoms with Gasteiger partial charge in [-0.25, -0.2) is 0 Å². The summed E-state index contributed by atoms with van der Waals surface area (Å²) < 4.78 is 0.578. The predicted octanol–water partition coefficient (Wildman–Crippen LogP) is 0.741. The molecule has 4 N–H and O–H groups in total. The lowest BCUT2D eigenvalue weighted by molar-refractivity contribution is -0.873. The normalized spacial score (nSPS) is 11.7. The second-order valence-corrected chi connectivity index (χ2v) is 8.39. The van der Waals surface area contributed by atoms with Gasteiger partial charge < -0.3 is 35.0 Å². The summed E-state index contributed by atoms with van der Waals surface area (Å²) >= 11 is 0. The molecule has 0 aliphatic heterocycles. The monoisotopic (exact) mass is 440 g/mol. The first kappa shape index (κ1) is 28.4. The average molecular weight is 441 g/mol. The molecule has 1 rings (SSSR count). The van der Waals surface area contributed by atoms with Gasteiger partial charge in [0.05, 0.1) is 33.1 Å². The number of carbonyl (C=O) groups is 3. The minimum atomic E-state index is -1.00. The highest BCUT2D eigenvalue weighted by molar-refractivity contribution is 5.96. The lowest BCUT2D eigenvalue weighted by Gasteiger charge is -2.25. The number of para-hydroxylation sites is 1. The van der Waals surface area contributed by atoms with Crippen LogP contribution in [0.25, 0.3) is 0 Å². The number of likely N-dealkylation sites (N-methyl/N-ethyl adjacent to an activating group) is 1. The van der Waals surface area contributed by atoms with Crippen molar-refractivity contribution in [2.45, 2.75) is 51.0 Å². The van der Waals surface area contributed by atoms with Crippen molar-refractivity contribution in [3.05, 3.63) is 29.8 Å². The number of quaternary nitrogens is 1. The van der Waals surface area contributed by atoms with E-state index in [4.69, 9.17) is 10.2 Å². The number of amides is 1. The first-order valence-corrected chi connectivity index (χ1v) is 10.4. The van der Waals surface area contributed by atoms with E-state index < -0.39 is 18.0 Å². The molecule has 1 aromatic carbocycles. The molecule has 0 spiro atoms. The Balaban J connectivity index is 0.000000695. The number of nitrogens with one attached hydrogen (secondary N) is 1. The fourth-order valence-corrected chi connectivity index (χ4v) is 2.79. The summed E-state index contributed by atoms with van der Waals surface area (Å²) in [7, 11) is 5.72. The van der Waals surface area contributed by atoms with Crippen molar-refractivity contribution in [2.24, 2.45) is 0 Å². The van der Waals surface area contributed by atoms with Crippen LogP contribution < -0.4 is 10.4 Å². The minimum absolute atomic E-state index is 0.0210. The van der Waals surface area contributed by atoms with Crippen molar-refractivity contribution in [1.29, 1.82) is 0 Å². The van der Waals surface area contributed by atoms with Crippen molar-refractivity contribution in [3.63, 3.8) is 0 Å². The molecule has 0 bridgehead atoms. The molecule has 0 fully saturated rings. The number of hydrogen-bond acceptors (Lipinski definition) is 6. The highest BCUT2D eigenvalue weighted by atomic mass is 16.4. The van der Waals surface area contributed by atoms with Crippen LogP contribution in [0.3, 0.4) is 0 Å². The number of carbonyl (C=O) groups excluding carboxylic acids is 2. The van der Waals surface area contributed by atoms with Gasteiger partial charge in [0.1, 0.15) is 18.4 Å². The van der Waals surface area contributed by atoms with Crippen molar-refractivity contribution >= 4 is 17.8 Å². The van der Waals surface area contributed by atoms with Gasteiger partial charge in [0.2, 0.25) is 0 Å². The second-order valence-electron chi connectivity index (χ2n) is 8.39. The maximum absolute atomic E-state index is 11.7. The highest BCUT2D eigenvalue weighted by Gasteiger charge is 2.17. The number of nitrogens with zero attached hydrogens (tertiary/aromatic N) is 1.